The van der Waals surface area contributed by atoms with Gasteiger partial charge in [-0.1, -0.05) is 42.5 Å². The lowest BCUT2D eigenvalue weighted by atomic mass is 10.0. The van der Waals surface area contributed by atoms with Gasteiger partial charge < -0.3 is 15.4 Å². The minimum absolute atomic E-state index is 0.0578. The average molecular weight is 428 g/mol. The lowest BCUT2D eigenvalue weighted by molar-refractivity contribution is -0.118. The number of morpholine rings is 1. The van der Waals surface area contributed by atoms with Crippen LogP contribution in [0.3, 0.4) is 0 Å². The summed E-state index contributed by atoms with van der Waals surface area (Å²) in [6.07, 6.45) is 0. The number of carbonyl (C=O) groups is 2. The van der Waals surface area contributed by atoms with Crippen LogP contribution in [0, 0.1) is 6.92 Å². The van der Waals surface area contributed by atoms with Gasteiger partial charge in [0.1, 0.15) is 0 Å². The molecule has 2 aromatic rings. The Morgan fingerprint density at radius 3 is 2.50 bits per heavy atom. The van der Waals surface area contributed by atoms with Gasteiger partial charge in [0.25, 0.3) is 0 Å². The van der Waals surface area contributed by atoms with Gasteiger partial charge in [0.05, 0.1) is 30.8 Å². The largest absolute Gasteiger partial charge is 0.379 e. The van der Waals surface area contributed by atoms with Crippen LogP contribution in [0.25, 0.3) is 0 Å². The van der Waals surface area contributed by atoms with Crippen LogP contribution < -0.4 is 10.6 Å². The lowest BCUT2D eigenvalue weighted by Crippen LogP contribution is -2.44. The van der Waals surface area contributed by atoms with Crippen LogP contribution in [0.15, 0.2) is 54.6 Å². The van der Waals surface area contributed by atoms with Crippen molar-refractivity contribution < 1.29 is 14.3 Å². The number of thioether (sulfide) groups is 1. The molecule has 2 aromatic carbocycles. The predicted molar refractivity (Wildman–Crippen MR) is 122 cm³/mol. The van der Waals surface area contributed by atoms with Crippen molar-refractivity contribution in [2.75, 3.05) is 49.7 Å². The summed E-state index contributed by atoms with van der Waals surface area (Å²) in [5, 5.41) is 5.90. The minimum atomic E-state index is -0.103. The van der Waals surface area contributed by atoms with Gasteiger partial charge in [0, 0.05) is 25.3 Å². The number of carbonyl (C=O) groups excluding carboxylic acids is 2. The van der Waals surface area contributed by atoms with E-state index < -0.39 is 0 Å². The second-order valence-electron chi connectivity index (χ2n) is 7.29. The Bertz CT molecular complexity index is 825. The number of aryl methyl sites for hydroxylation is 1. The minimum Gasteiger partial charge on any atom is -0.379 e. The van der Waals surface area contributed by atoms with Crippen LogP contribution in [0.5, 0.6) is 0 Å². The van der Waals surface area contributed by atoms with E-state index in [1.165, 1.54) is 17.3 Å². The molecule has 1 heterocycles. The van der Waals surface area contributed by atoms with Crippen molar-refractivity contribution in [2.45, 2.75) is 13.0 Å². The maximum atomic E-state index is 12.3. The average Bonchev–Trinajstić information content (AvgIpc) is 2.75. The van der Waals surface area contributed by atoms with E-state index in [0.717, 1.165) is 24.3 Å². The molecule has 0 spiro atoms. The van der Waals surface area contributed by atoms with Crippen LogP contribution in [0.1, 0.15) is 17.2 Å². The van der Waals surface area contributed by atoms with Gasteiger partial charge in [-0.25, -0.2) is 0 Å². The Morgan fingerprint density at radius 2 is 1.77 bits per heavy atom. The number of hydrogen-bond acceptors (Lipinski definition) is 5. The normalized spacial score (nSPS) is 15.4. The first kappa shape index (κ1) is 22.3. The third kappa shape index (κ3) is 7.16. The molecular formula is C23H29N3O3S. The van der Waals surface area contributed by atoms with Gasteiger partial charge in [0.2, 0.25) is 11.8 Å². The number of rotatable bonds is 9. The lowest BCUT2D eigenvalue weighted by Gasteiger charge is -2.34. The molecule has 0 bridgehead atoms. The van der Waals surface area contributed by atoms with E-state index in [2.05, 4.69) is 27.7 Å². The summed E-state index contributed by atoms with van der Waals surface area (Å²) in [6.45, 7) is 5.65. The molecule has 6 nitrogen and oxygen atoms in total. The van der Waals surface area contributed by atoms with Crippen molar-refractivity contribution in [3.8, 4) is 0 Å². The fraction of sp³-hybridized carbons (Fsp3) is 0.391. The van der Waals surface area contributed by atoms with E-state index in [0.29, 0.717) is 19.8 Å². The molecule has 3 rings (SSSR count). The van der Waals surface area contributed by atoms with Gasteiger partial charge in [0.15, 0.2) is 0 Å². The van der Waals surface area contributed by atoms with Gasteiger partial charge >= 0.3 is 0 Å². The van der Waals surface area contributed by atoms with Crippen LogP contribution in [-0.2, 0) is 14.3 Å². The van der Waals surface area contributed by atoms with E-state index in [9.17, 15) is 9.59 Å². The summed E-state index contributed by atoms with van der Waals surface area (Å²) in [5.74, 6) is 0.338. The summed E-state index contributed by atoms with van der Waals surface area (Å²) in [7, 11) is 0. The first-order valence-electron chi connectivity index (χ1n) is 10.2. The fourth-order valence-electron chi connectivity index (χ4n) is 3.44. The molecule has 0 saturated carbocycles. The summed E-state index contributed by atoms with van der Waals surface area (Å²) < 4.78 is 5.47. The molecule has 1 fully saturated rings. The van der Waals surface area contributed by atoms with E-state index >= 15 is 0 Å². The highest BCUT2D eigenvalue weighted by atomic mass is 32.2. The highest BCUT2D eigenvalue weighted by molar-refractivity contribution is 8.00. The molecule has 1 atom stereocenters. The first-order valence-corrected chi connectivity index (χ1v) is 11.3. The van der Waals surface area contributed by atoms with Crippen LogP contribution in [0.4, 0.5) is 5.69 Å². The van der Waals surface area contributed by atoms with E-state index in [-0.39, 0.29) is 29.4 Å². The molecule has 2 amide bonds. The summed E-state index contributed by atoms with van der Waals surface area (Å²) in [6, 6.07) is 18.0. The first-order chi connectivity index (χ1) is 14.6. The van der Waals surface area contributed by atoms with Crippen molar-refractivity contribution in [3.63, 3.8) is 0 Å². The number of nitrogens with zero attached hydrogens (tertiary/aromatic N) is 1. The summed E-state index contributed by atoms with van der Waals surface area (Å²) >= 11 is 1.32. The molecule has 1 aliphatic heterocycles. The number of anilines is 1. The van der Waals surface area contributed by atoms with Gasteiger partial charge in [-0.05, 0) is 30.2 Å². The monoisotopic (exact) mass is 427 g/mol. The second-order valence-corrected chi connectivity index (χ2v) is 8.27. The second kappa shape index (κ2) is 11.7. The van der Waals surface area contributed by atoms with Crippen molar-refractivity contribution in [3.05, 3.63) is 65.7 Å². The maximum Gasteiger partial charge on any atom is 0.234 e. The number of amides is 2. The van der Waals surface area contributed by atoms with Gasteiger partial charge in [-0.15, -0.1) is 11.8 Å². The highest BCUT2D eigenvalue weighted by Gasteiger charge is 2.23. The molecule has 160 valence electrons. The molecule has 1 aliphatic rings. The quantitative estimate of drug-likeness (QED) is 0.644. The number of ether oxygens (including phenoxy) is 1. The van der Waals surface area contributed by atoms with Crippen molar-refractivity contribution in [1.29, 1.82) is 0 Å². The molecule has 7 heteroatoms. The van der Waals surface area contributed by atoms with Crippen LogP contribution in [-0.4, -0.2) is 61.1 Å². The third-order valence-electron chi connectivity index (χ3n) is 4.93. The molecule has 30 heavy (non-hydrogen) atoms. The van der Waals surface area contributed by atoms with Gasteiger partial charge in [-0.2, -0.15) is 0 Å². The van der Waals surface area contributed by atoms with E-state index in [1.807, 2.05) is 49.4 Å². The number of benzene rings is 2. The van der Waals surface area contributed by atoms with Crippen molar-refractivity contribution in [2.24, 2.45) is 0 Å². The fourth-order valence-corrected chi connectivity index (χ4v) is 4.09. The Balaban J connectivity index is 1.43. The topological polar surface area (TPSA) is 70.7 Å². The molecule has 0 aromatic heterocycles. The van der Waals surface area contributed by atoms with Crippen molar-refractivity contribution >= 4 is 29.3 Å². The Morgan fingerprint density at radius 1 is 1.03 bits per heavy atom. The highest BCUT2D eigenvalue weighted by Crippen LogP contribution is 2.21. The van der Waals surface area contributed by atoms with Crippen LogP contribution in [0.2, 0.25) is 0 Å². The third-order valence-corrected chi connectivity index (χ3v) is 5.86. The standard InChI is InChI=1S/C23H29N3O3S/c1-18-6-5-9-20(14-18)25-23(28)17-30-16-22(27)24-15-21(19-7-3-2-4-8-19)26-10-12-29-13-11-26/h2-9,14,21H,10-13,15-17H2,1H3,(H,24,27)(H,25,28). The Hall–Kier alpha value is -2.35. The smallest absolute Gasteiger partial charge is 0.234 e. The number of hydrogen-bond donors (Lipinski definition) is 2. The van der Waals surface area contributed by atoms with E-state index in [1.54, 1.807) is 0 Å². The Labute approximate surface area is 182 Å². The molecule has 1 saturated heterocycles. The molecule has 2 N–H and O–H groups in total. The Kier molecular flexibility index (Phi) is 8.74. The zero-order valence-electron chi connectivity index (χ0n) is 17.3. The zero-order valence-corrected chi connectivity index (χ0v) is 18.1. The molecule has 0 radical (unpaired) electrons. The molecular weight excluding hydrogens is 398 g/mol. The summed E-state index contributed by atoms with van der Waals surface area (Å²) in [5.41, 5.74) is 3.05. The maximum absolute atomic E-state index is 12.3. The summed E-state index contributed by atoms with van der Waals surface area (Å²) in [4.78, 5) is 26.8. The molecule has 1 unspecified atom stereocenters. The zero-order chi connectivity index (χ0) is 21.2. The van der Waals surface area contributed by atoms with E-state index in [4.69, 9.17) is 4.74 Å². The predicted octanol–water partition coefficient (Wildman–Crippen LogP) is 2.86. The molecule has 0 aliphatic carbocycles. The SMILES string of the molecule is Cc1cccc(NC(=O)CSCC(=O)NCC(c2ccccc2)N2CCOCC2)c1. The number of nitrogens with one attached hydrogen (secondary N) is 2. The van der Waals surface area contributed by atoms with Gasteiger partial charge in [-0.3, -0.25) is 14.5 Å². The van der Waals surface area contributed by atoms with Crippen LogP contribution >= 0.6 is 11.8 Å². The van der Waals surface area contributed by atoms with Crippen molar-refractivity contribution in [1.82, 2.24) is 10.2 Å².